The van der Waals surface area contributed by atoms with Gasteiger partial charge in [-0.15, -0.1) is 24.8 Å². The quantitative estimate of drug-likeness (QED) is 0.762. The molecule has 0 unspecified atom stereocenters. The second-order valence-corrected chi connectivity index (χ2v) is 3.88. The van der Waals surface area contributed by atoms with E-state index in [1.807, 2.05) is 12.1 Å². The van der Waals surface area contributed by atoms with E-state index < -0.39 is 5.97 Å². The molecule has 20 heavy (non-hydrogen) atoms. The maximum atomic E-state index is 11.0. The Morgan fingerprint density at radius 2 is 2.00 bits per heavy atom. The van der Waals surface area contributed by atoms with E-state index in [-0.39, 0.29) is 30.4 Å². The number of carboxylic acids is 1. The van der Waals surface area contributed by atoms with Crippen molar-refractivity contribution in [2.75, 3.05) is 0 Å². The van der Waals surface area contributed by atoms with Crippen LogP contribution in [0.15, 0.2) is 42.7 Å². The van der Waals surface area contributed by atoms with Gasteiger partial charge in [-0.1, -0.05) is 0 Å². The van der Waals surface area contributed by atoms with Gasteiger partial charge < -0.3 is 5.11 Å². The van der Waals surface area contributed by atoms with Crippen LogP contribution < -0.4 is 0 Å². The number of halogens is 2. The fourth-order valence-electron chi connectivity index (χ4n) is 1.87. The monoisotopic (exact) mass is 311 g/mol. The van der Waals surface area contributed by atoms with Crippen LogP contribution in [0, 0.1) is 0 Å². The van der Waals surface area contributed by atoms with Gasteiger partial charge in [0.15, 0.2) is 0 Å². The Bertz CT molecular complexity index is 729. The number of nitrogens with zero attached hydrogens (tertiary/aromatic N) is 2. The number of hydrogen-bond acceptors (Lipinski definition) is 3. The number of aromatic nitrogens is 3. The molecule has 0 aliphatic heterocycles. The van der Waals surface area contributed by atoms with Crippen LogP contribution in [-0.4, -0.2) is 26.3 Å². The average molecular weight is 312 g/mol. The molecule has 0 bridgehead atoms. The molecule has 0 atom stereocenters. The van der Waals surface area contributed by atoms with Crippen molar-refractivity contribution in [2.24, 2.45) is 0 Å². The van der Waals surface area contributed by atoms with Crippen molar-refractivity contribution in [3.05, 3.63) is 48.3 Å². The van der Waals surface area contributed by atoms with E-state index in [0.717, 1.165) is 16.5 Å². The van der Waals surface area contributed by atoms with Gasteiger partial charge in [0.05, 0.1) is 11.1 Å². The summed E-state index contributed by atoms with van der Waals surface area (Å²) in [5, 5.41) is 16.9. The fraction of sp³-hybridized carbons (Fsp3) is 0. The number of aromatic amines is 1. The predicted molar refractivity (Wildman–Crippen MR) is 80.8 cm³/mol. The van der Waals surface area contributed by atoms with Gasteiger partial charge in [-0.05, 0) is 30.3 Å². The molecule has 0 saturated heterocycles. The first-order valence-corrected chi connectivity index (χ1v) is 5.37. The van der Waals surface area contributed by atoms with Gasteiger partial charge in [0.2, 0.25) is 0 Å². The summed E-state index contributed by atoms with van der Waals surface area (Å²) in [6.07, 6.45) is 3.38. The Kier molecular flexibility index (Phi) is 5.07. The highest BCUT2D eigenvalue weighted by Crippen LogP contribution is 2.26. The second kappa shape index (κ2) is 6.36. The Morgan fingerprint density at radius 3 is 2.65 bits per heavy atom. The van der Waals surface area contributed by atoms with E-state index in [1.54, 1.807) is 30.6 Å². The zero-order valence-electron chi connectivity index (χ0n) is 10.1. The molecular formula is C13H11Cl2N3O2. The van der Waals surface area contributed by atoms with E-state index in [9.17, 15) is 4.79 Å². The number of nitrogens with one attached hydrogen (secondary N) is 1. The van der Waals surface area contributed by atoms with Crippen molar-refractivity contribution in [1.29, 1.82) is 0 Å². The first-order chi connectivity index (χ1) is 8.75. The third kappa shape index (κ3) is 2.74. The van der Waals surface area contributed by atoms with Gasteiger partial charge in [0.25, 0.3) is 0 Å². The molecule has 0 aliphatic rings. The van der Waals surface area contributed by atoms with Crippen LogP contribution in [-0.2, 0) is 0 Å². The molecule has 3 rings (SSSR count). The highest BCUT2D eigenvalue weighted by Gasteiger charge is 2.11. The molecule has 0 aliphatic carbocycles. The van der Waals surface area contributed by atoms with E-state index in [2.05, 4.69) is 15.2 Å². The number of carboxylic acid groups (broad SMARTS) is 1. The van der Waals surface area contributed by atoms with Crippen molar-refractivity contribution in [1.82, 2.24) is 15.2 Å². The number of carbonyl (C=O) groups is 1. The van der Waals surface area contributed by atoms with Gasteiger partial charge >= 0.3 is 5.97 Å². The topological polar surface area (TPSA) is 78.9 Å². The maximum absolute atomic E-state index is 11.0. The summed E-state index contributed by atoms with van der Waals surface area (Å²) in [5.41, 5.74) is 2.61. The van der Waals surface area contributed by atoms with Crippen molar-refractivity contribution in [3.63, 3.8) is 0 Å². The average Bonchev–Trinajstić information content (AvgIpc) is 2.82. The molecule has 2 heterocycles. The van der Waals surface area contributed by atoms with Crippen molar-refractivity contribution in [2.45, 2.75) is 0 Å². The van der Waals surface area contributed by atoms with Gasteiger partial charge in [-0.2, -0.15) is 5.10 Å². The smallest absolute Gasteiger partial charge is 0.335 e. The van der Waals surface area contributed by atoms with E-state index in [4.69, 9.17) is 5.11 Å². The molecule has 2 N–H and O–H groups in total. The number of rotatable bonds is 2. The van der Waals surface area contributed by atoms with Crippen molar-refractivity contribution >= 4 is 41.7 Å². The van der Waals surface area contributed by atoms with Crippen LogP contribution in [0.2, 0.25) is 0 Å². The minimum atomic E-state index is -0.949. The Labute approximate surface area is 126 Å². The summed E-state index contributed by atoms with van der Waals surface area (Å²) in [6.45, 7) is 0. The minimum absolute atomic E-state index is 0. The molecule has 5 nitrogen and oxygen atoms in total. The molecule has 0 spiro atoms. The van der Waals surface area contributed by atoms with Crippen molar-refractivity contribution in [3.8, 4) is 11.3 Å². The zero-order valence-corrected chi connectivity index (χ0v) is 11.7. The third-order valence-corrected chi connectivity index (χ3v) is 2.74. The molecule has 0 radical (unpaired) electrons. The molecule has 0 amide bonds. The molecule has 7 heteroatoms. The molecular weight excluding hydrogens is 301 g/mol. The van der Waals surface area contributed by atoms with Gasteiger partial charge in [0, 0.05) is 23.3 Å². The minimum Gasteiger partial charge on any atom is -0.478 e. The SMILES string of the molecule is Cl.Cl.O=C(O)c1ccc2[nH]nc(-c3cccnc3)c2c1. The lowest BCUT2D eigenvalue weighted by atomic mass is 10.1. The normalized spacial score (nSPS) is 9.60. The molecule has 0 saturated carbocycles. The number of fused-ring (bicyclic) bond motifs is 1. The van der Waals surface area contributed by atoms with Gasteiger partial charge in [0.1, 0.15) is 5.69 Å². The summed E-state index contributed by atoms with van der Waals surface area (Å²) in [7, 11) is 0. The maximum Gasteiger partial charge on any atom is 0.335 e. The Balaban J connectivity index is 0.000001000. The van der Waals surface area contributed by atoms with Gasteiger partial charge in [-0.3, -0.25) is 10.1 Å². The number of aromatic carboxylic acids is 1. The lowest BCUT2D eigenvalue weighted by Crippen LogP contribution is -1.94. The summed E-state index contributed by atoms with van der Waals surface area (Å²) in [4.78, 5) is 15.0. The van der Waals surface area contributed by atoms with Crippen molar-refractivity contribution < 1.29 is 9.90 Å². The van der Waals surface area contributed by atoms with Crippen LogP contribution in [0.5, 0.6) is 0 Å². The van der Waals surface area contributed by atoms with Crippen LogP contribution in [0.1, 0.15) is 10.4 Å². The number of pyridine rings is 1. The van der Waals surface area contributed by atoms with E-state index >= 15 is 0 Å². The highest BCUT2D eigenvalue weighted by atomic mass is 35.5. The predicted octanol–water partition coefficient (Wildman–Crippen LogP) is 3.17. The third-order valence-electron chi connectivity index (χ3n) is 2.74. The number of hydrogen-bond donors (Lipinski definition) is 2. The molecule has 2 aromatic heterocycles. The first-order valence-electron chi connectivity index (χ1n) is 5.37. The van der Waals surface area contributed by atoms with Crippen LogP contribution in [0.25, 0.3) is 22.2 Å². The van der Waals surface area contributed by atoms with Crippen LogP contribution in [0.4, 0.5) is 0 Å². The van der Waals surface area contributed by atoms with Crippen LogP contribution >= 0.6 is 24.8 Å². The fourth-order valence-corrected chi connectivity index (χ4v) is 1.87. The number of H-pyrrole nitrogens is 1. The molecule has 1 aromatic carbocycles. The molecule has 104 valence electrons. The Hall–Kier alpha value is -2.11. The summed E-state index contributed by atoms with van der Waals surface area (Å²) >= 11 is 0. The van der Waals surface area contributed by atoms with E-state index in [0.29, 0.717) is 5.69 Å². The summed E-state index contributed by atoms with van der Waals surface area (Å²) in [5.74, 6) is -0.949. The Morgan fingerprint density at radius 1 is 1.20 bits per heavy atom. The lowest BCUT2D eigenvalue weighted by molar-refractivity contribution is 0.0697. The summed E-state index contributed by atoms with van der Waals surface area (Å²) < 4.78 is 0. The van der Waals surface area contributed by atoms with Gasteiger partial charge in [-0.25, -0.2) is 4.79 Å². The lowest BCUT2D eigenvalue weighted by Gasteiger charge is -1.98. The standard InChI is InChI=1S/C13H9N3O2.2ClH/c17-13(18)8-3-4-11-10(6-8)12(16-15-11)9-2-1-5-14-7-9;;/h1-7H,(H,15,16)(H,17,18);2*1H. The molecule has 0 fully saturated rings. The van der Waals surface area contributed by atoms with Crippen LogP contribution in [0.3, 0.4) is 0 Å². The number of benzene rings is 1. The first kappa shape index (κ1) is 15.9. The largest absolute Gasteiger partial charge is 0.478 e. The molecule has 3 aromatic rings. The summed E-state index contributed by atoms with van der Waals surface area (Å²) in [6, 6.07) is 8.58. The zero-order chi connectivity index (χ0) is 12.5. The van der Waals surface area contributed by atoms with E-state index in [1.165, 1.54) is 0 Å². The highest BCUT2D eigenvalue weighted by molar-refractivity contribution is 5.98. The second-order valence-electron chi connectivity index (χ2n) is 3.88.